The zero-order valence-electron chi connectivity index (χ0n) is 33.5. The Balaban J connectivity index is 0.000000320. The molecule has 18 nitrogen and oxygen atoms in total. The second-order valence-corrected chi connectivity index (χ2v) is 20.8. The van der Waals surface area contributed by atoms with Gasteiger partial charge in [0.15, 0.2) is 19.7 Å². The standard InChI is InChI=1S/2C19H19N3O6S2.Cr.Na/c2*1-3-29(25,26)13-8-10-15(23)14(11-13)21-22-19-16(24)9-7-12-5-4-6-17(18(12)19)30(27,28)20-2;;/h2*4-11,20,23-24H,3H2,1-2H3;;/q;;;+1. The van der Waals surface area contributed by atoms with Gasteiger partial charge < -0.3 is 20.4 Å². The zero-order valence-corrected chi connectivity index (χ0v) is 40.1. The average Bonchev–Trinajstić information content (AvgIpc) is 3.23. The largest absolute Gasteiger partial charge is 1.00 e. The summed E-state index contributed by atoms with van der Waals surface area (Å²) in [6.45, 7) is 2.97. The van der Waals surface area contributed by atoms with Gasteiger partial charge in [-0.3, -0.25) is 0 Å². The van der Waals surface area contributed by atoms with Crippen LogP contribution in [0.5, 0.6) is 23.0 Å². The molecule has 24 heteroatoms. The van der Waals surface area contributed by atoms with Crippen LogP contribution in [0.1, 0.15) is 13.8 Å². The van der Waals surface area contributed by atoms with E-state index in [0.29, 0.717) is 10.8 Å². The van der Waals surface area contributed by atoms with Gasteiger partial charge >= 0.3 is 29.6 Å². The molecule has 0 atom stereocenters. The summed E-state index contributed by atoms with van der Waals surface area (Å²) in [6, 6.07) is 22.0. The number of benzene rings is 6. The van der Waals surface area contributed by atoms with Gasteiger partial charge in [0, 0.05) is 28.1 Å². The number of nitrogens with one attached hydrogen (secondary N) is 2. The number of sulfonamides is 2. The maximum atomic E-state index is 12.4. The second-order valence-electron chi connectivity index (χ2n) is 12.5. The van der Waals surface area contributed by atoms with Crippen molar-refractivity contribution in [1.82, 2.24) is 9.44 Å². The van der Waals surface area contributed by atoms with Gasteiger partial charge in [-0.2, -0.15) is 0 Å². The summed E-state index contributed by atoms with van der Waals surface area (Å²) in [4.78, 5) is -0.313. The molecule has 0 aliphatic heterocycles. The number of phenols is 4. The molecule has 0 fully saturated rings. The van der Waals surface area contributed by atoms with E-state index in [1.165, 1.54) is 88.6 Å². The maximum absolute atomic E-state index is 12.4. The maximum Gasteiger partial charge on any atom is 1.00 e. The number of phenolic OH excluding ortho intramolecular Hbond substituents is 4. The van der Waals surface area contributed by atoms with Crippen LogP contribution in [0.25, 0.3) is 21.5 Å². The van der Waals surface area contributed by atoms with Crippen LogP contribution in [-0.2, 0) is 57.1 Å². The van der Waals surface area contributed by atoms with Crippen molar-refractivity contribution in [2.24, 2.45) is 20.5 Å². The third kappa shape index (κ3) is 11.2. The molecule has 0 aromatic heterocycles. The predicted octanol–water partition coefficient (Wildman–Crippen LogP) is 3.74. The fraction of sp³-hybridized carbons (Fsp3) is 0.158. The van der Waals surface area contributed by atoms with Crippen molar-refractivity contribution < 1.29 is 101 Å². The van der Waals surface area contributed by atoms with Crippen molar-refractivity contribution in [3.05, 3.63) is 97.1 Å². The Hall–Kier alpha value is -4.51. The topological polar surface area (TPSA) is 291 Å². The molecule has 322 valence electrons. The smallest absolute Gasteiger partial charge is 0.506 e. The first-order chi connectivity index (χ1) is 28.2. The van der Waals surface area contributed by atoms with Gasteiger partial charge in [0.25, 0.3) is 0 Å². The van der Waals surface area contributed by atoms with Crippen LogP contribution in [-0.4, -0.2) is 79.7 Å². The molecule has 0 saturated carbocycles. The molecular formula is C38H38CrN6NaO12S4+. The molecule has 0 spiro atoms. The number of rotatable bonds is 12. The van der Waals surface area contributed by atoms with E-state index < -0.39 is 39.7 Å². The summed E-state index contributed by atoms with van der Waals surface area (Å²) in [5, 5.41) is 57.6. The van der Waals surface area contributed by atoms with Crippen molar-refractivity contribution in [3.63, 3.8) is 0 Å². The Morgan fingerprint density at radius 3 is 1.15 bits per heavy atom. The summed E-state index contributed by atoms with van der Waals surface area (Å²) in [5.74, 6) is -1.58. The van der Waals surface area contributed by atoms with Gasteiger partial charge in [0.05, 0.1) is 31.1 Å². The fourth-order valence-corrected chi connectivity index (χ4v) is 9.32. The van der Waals surface area contributed by atoms with Crippen molar-refractivity contribution >= 4 is 84.0 Å². The minimum Gasteiger partial charge on any atom is -0.506 e. The van der Waals surface area contributed by atoms with Crippen LogP contribution in [0.3, 0.4) is 0 Å². The Morgan fingerprint density at radius 1 is 0.484 bits per heavy atom. The summed E-state index contributed by atoms with van der Waals surface area (Å²) in [6.07, 6.45) is 0. The molecule has 6 aromatic rings. The van der Waals surface area contributed by atoms with Gasteiger partial charge in [-0.15, -0.1) is 20.5 Å². The molecule has 0 unspecified atom stereocenters. The van der Waals surface area contributed by atoms with E-state index in [1.807, 2.05) is 0 Å². The number of aromatic hydroxyl groups is 4. The molecule has 6 rings (SSSR count). The molecule has 0 amide bonds. The summed E-state index contributed by atoms with van der Waals surface area (Å²) < 4.78 is 102. The molecular weight excluding hydrogens is 936 g/mol. The first kappa shape index (κ1) is 51.8. The van der Waals surface area contributed by atoms with Crippen molar-refractivity contribution in [3.8, 4) is 23.0 Å². The van der Waals surface area contributed by atoms with E-state index in [9.17, 15) is 54.1 Å². The van der Waals surface area contributed by atoms with Crippen LogP contribution in [0.2, 0.25) is 0 Å². The van der Waals surface area contributed by atoms with E-state index >= 15 is 0 Å². The van der Waals surface area contributed by atoms with Gasteiger partial charge in [-0.25, -0.2) is 43.1 Å². The van der Waals surface area contributed by atoms with Crippen LogP contribution >= 0.6 is 0 Å². The summed E-state index contributed by atoms with van der Waals surface area (Å²) in [7, 11) is -12.3. The van der Waals surface area contributed by atoms with Crippen molar-refractivity contribution in [2.45, 2.75) is 33.4 Å². The third-order valence-electron chi connectivity index (χ3n) is 8.92. The van der Waals surface area contributed by atoms with Gasteiger partial charge in [-0.05, 0) is 85.5 Å². The zero-order chi connectivity index (χ0) is 44.2. The number of fused-ring (bicyclic) bond motifs is 2. The van der Waals surface area contributed by atoms with Crippen LogP contribution in [0.4, 0.5) is 22.7 Å². The fourth-order valence-electron chi connectivity index (χ4n) is 5.60. The van der Waals surface area contributed by atoms with E-state index in [1.54, 1.807) is 24.3 Å². The number of nitrogens with zero attached hydrogens (tertiary/aromatic N) is 4. The quantitative estimate of drug-likeness (QED) is 0.0756. The number of azo groups is 2. The average molecular weight is 974 g/mol. The number of hydrogen-bond acceptors (Lipinski definition) is 16. The first-order valence-corrected chi connectivity index (χ1v) is 23.8. The van der Waals surface area contributed by atoms with E-state index in [4.69, 9.17) is 0 Å². The van der Waals surface area contributed by atoms with Crippen LogP contribution in [0, 0.1) is 0 Å². The SMILES string of the molecule is CCS(=O)(=O)c1ccc(O)c(N=Nc2c(O)ccc3cccc(S(=O)(=O)NC)c23)c1.CCS(=O)(=O)c1ccc(O)c(N=Nc2c(O)ccc3cccc(S(=O)(=O)NC)c23)c1.[Cr].[Na+]. The molecule has 62 heavy (non-hydrogen) atoms. The Bertz CT molecular complexity index is 2960. The number of sulfone groups is 2. The van der Waals surface area contributed by atoms with E-state index in [2.05, 4.69) is 29.9 Å². The minimum absolute atomic E-state index is 0. The molecule has 6 aromatic carbocycles. The minimum atomic E-state index is -3.88. The van der Waals surface area contributed by atoms with Crippen molar-refractivity contribution in [2.75, 3.05) is 25.6 Å². The monoisotopic (exact) mass is 973 g/mol. The summed E-state index contributed by atoms with van der Waals surface area (Å²) >= 11 is 0. The summed E-state index contributed by atoms with van der Waals surface area (Å²) in [5.41, 5.74) is -0.556. The van der Waals surface area contributed by atoms with E-state index in [0.717, 1.165) is 12.1 Å². The predicted molar refractivity (Wildman–Crippen MR) is 224 cm³/mol. The Morgan fingerprint density at radius 2 is 0.823 bits per heavy atom. The van der Waals surface area contributed by atoms with Gasteiger partial charge in [0.1, 0.15) is 45.7 Å². The molecule has 0 aliphatic carbocycles. The van der Waals surface area contributed by atoms with Gasteiger partial charge in [-0.1, -0.05) is 50.2 Å². The van der Waals surface area contributed by atoms with Crippen LogP contribution in [0.15, 0.2) is 137 Å². The molecule has 0 aliphatic rings. The van der Waals surface area contributed by atoms with Crippen LogP contribution < -0.4 is 39.0 Å². The Labute approximate surface area is 390 Å². The normalized spacial score (nSPS) is 12.2. The first-order valence-electron chi connectivity index (χ1n) is 17.5. The molecule has 0 heterocycles. The third-order valence-corrected chi connectivity index (χ3v) is 15.3. The second kappa shape index (κ2) is 20.8. The Kier molecular flexibility index (Phi) is 17.4. The van der Waals surface area contributed by atoms with Gasteiger partial charge in [0.2, 0.25) is 20.0 Å². The molecule has 0 saturated heterocycles. The number of hydrogen-bond donors (Lipinski definition) is 6. The van der Waals surface area contributed by atoms with E-state index in [-0.39, 0.29) is 135 Å². The molecule has 0 radical (unpaired) electrons. The molecule has 6 N–H and O–H groups in total. The molecule has 0 bridgehead atoms. The van der Waals surface area contributed by atoms with Crippen molar-refractivity contribution in [1.29, 1.82) is 0 Å².